The van der Waals surface area contributed by atoms with E-state index in [1.807, 2.05) is 24.3 Å². The number of ether oxygens (including phenoxy) is 1. The van der Waals surface area contributed by atoms with E-state index in [4.69, 9.17) is 4.74 Å². The zero-order valence-corrected chi connectivity index (χ0v) is 12.2. The molecule has 3 rings (SSSR count). The topological polar surface area (TPSA) is 21.3 Å². The number of hydrogen-bond acceptors (Lipinski definition) is 2. The quantitative estimate of drug-likeness (QED) is 0.928. The van der Waals surface area contributed by atoms with E-state index in [0.29, 0.717) is 5.92 Å². The van der Waals surface area contributed by atoms with Crippen LogP contribution in [0.4, 0.5) is 4.39 Å². The lowest BCUT2D eigenvalue weighted by atomic mass is 9.77. The molecule has 0 aromatic heterocycles. The molecule has 2 nitrogen and oxygen atoms in total. The first kappa shape index (κ1) is 14.1. The van der Waals surface area contributed by atoms with Gasteiger partial charge in [0.2, 0.25) is 0 Å². The molecule has 0 bridgehead atoms. The van der Waals surface area contributed by atoms with Crippen molar-refractivity contribution in [1.82, 2.24) is 5.32 Å². The molecule has 1 heterocycles. The third kappa shape index (κ3) is 2.93. The molecule has 0 saturated carbocycles. The van der Waals surface area contributed by atoms with E-state index >= 15 is 0 Å². The van der Waals surface area contributed by atoms with Gasteiger partial charge in [-0.1, -0.05) is 30.3 Å². The van der Waals surface area contributed by atoms with Crippen LogP contribution in [0.5, 0.6) is 5.75 Å². The second-order valence-electron chi connectivity index (χ2n) is 5.50. The number of nitrogens with one attached hydrogen (secondary N) is 1. The Morgan fingerprint density at radius 3 is 2.76 bits per heavy atom. The Morgan fingerprint density at radius 2 is 1.95 bits per heavy atom. The van der Waals surface area contributed by atoms with Gasteiger partial charge < -0.3 is 10.1 Å². The van der Waals surface area contributed by atoms with Crippen LogP contribution < -0.4 is 10.1 Å². The number of hydrogen-bond donors (Lipinski definition) is 1. The van der Waals surface area contributed by atoms with Crippen LogP contribution in [0.1, 0.15) is 29.4 Å². The first-order valence-corrected chi connectivity index (χ1v) is 7.38. The summed E-state index contributed by atoms with van der Waals surface area (Å²) in [4.78, 5) is 0. The standard InChI is InChI=1S/C18H20FNO/c1-21-14-6-4-5-13(11-14)15-9-10-20-12-17(15)16-7-2-3-8-18(16)19/h2-8,11,15,17,20H,9-10,12H2,1H3. The molecular formula is C18H20FNO. The molecule has 2 aromatic rings. The number of piperidine rings is 1. The second kappa shape index (κ2) is 6.27. The van der Waals surface area contributed by atoms with E-state index in [2.05, 4.69) is 17.4 Å². The normalized spacial score (nSPS) is 22.0. The lowest BCUT2D eigenvalue weighted by Gasteiger charge is -2.33. The summed E-state index contributed by atoms with van der Waals surface area (Å²) in [5.74, 6) is 1.22. The molecule has 0 amide bonds. The van der Waals surface area contributed by atoms with Crippen LogP contribution in [0.15, 0.2) is 48.5 Å². The summed E-state index contributed by atoms with van der Waals surface area (Å²) < 4.78 is 19.5. The van der Waals surface area contributed by atoms with Gasteiger partial charge in [-0.15, -0.1) is 0 Å². The molecule has 1 aliphatic rings. The molecule has 1 N–H and O–H groups in total. The van der Waals surface area contributed by atoms with Crippen molar-refractivity contribution in [2.24, 2.45) is 0 Å². The molecule has 1 fully saturated rings. The highest BCUT2D eigenvalue weighted by molar-refractivity contribution is 5.35. The van der Waals surface area contributed by atoms with Gasteiger partial charge in [-0.3, -0.25) is 0 Å². The highest BCUT2D eigenvalue weighted by Crippen LogP contribution is 2.39. The van der Waals surface area contributed by atoms with Gasteiger partial charge in [0, 0.05) is 12.5 Å². The summed E-state index contributed by atoms with van der Waals surface area (Å²) in [7, 11) is 1.68. The molecular weight excluding hydrogens is 265 g/mol. The highest BCUT2D eigenvalue weighted by atomic mass is 19.1. The Labute approximate surface area is 125 Å². The Bertz CT molecular complexity index is 614. The highest BCUT2D eigenvalue weighted by Gasteiger charge is 2.29. The minimum Gasteiger partial charge on any atom is -0.497 e. The van der Waals surface area contributed by atoms with Crippen LogP contribution in [0.2, 0.25) is 0 Å². The van der Waals surface area contributed by atoms with Gasteiger partial charge in [0.15, 0.2) is 0 Å². The van der Waals surface area contributed by atoms with Gasteiger partial charge in [0.25, 0.3) is 0 Å². The van der Waals surface area contributed by atoms with E-state index in [1.165, 1.54) is 5.56 Å². The number of benzene rings is 2. The van der Waals surface area contributed by atoms with Crippen LogP contribution in [-0.2, 0) is 0 Å². The lowest BCUT2D eigenvalue weighted by Crippen LogP contribution is -2.34. The van der Waals surface area contributed by atoms with Gasteiger partial charge in [-0.05, 0) is 48.2 Å². The minimum absolute atomic E-state index is 0.112. The third-order valence-corrected chi connectivity index (χ3v) is 4.31. The van der Waals surface area contributed by atoms with Gasteiger partial charge in [-0.25, -0.2) is 4.39 Å². The lowest BCUT2D eigenvalue weighted by molar-refractivity contribution is 0.388. The third-order valence-electron chi connectivity index (χ3n) is 4.31. The van der Waals surface area contributed by atoms with Crippen molar-refractivity contribution in [3.05, 3.63) is 65.5 Å². The van der Waals surface area contributed by atoms with E-state index in [9.17, 15) is 4.39 Å². The summed E-state index contributed by atoms with van der Waals surface area (Å²) in [6, 6.07) is 15.3. The Balaban J connectivity index is 1.96. The van der Waals surface area contributed by atoms with Crippen LogP contribution in [0.3, 0.4) is 0 Å². The predicted molar refractivity (Wildman–Crippen MR) is 82.4 cm³/mol. The SMILES string of the molecule is COc1cccc(C2CCNCC2c2ccccc2F)c1. The Hall–Kier alpha value is -1.87. The first-order valence-electron chi connectivity index (χ1n) is 7.38. The molecule has 0 radical (unpaired) electrons. The van der Waals surface area contributed by atoms with E-state index in [0.717, 1.165) is 30.8 Å². The van der Waals surface area contributed by atoms with Gasteiger partial charge >= 0.3 is 0 Å². The molecule has 2 unspecified atom stereocenters. The summed E-state index contributed by atoms with van der Waals surface area (Å²) in [6.45, 7) is 1.77. The van der Waals surface area contributed by atoms with Crippen LogP contribution in [0, 0.1) is 5.82 Å². The molecule has 0 spiro atoms. The fourth-order valence-electron chi connectivity index (χ4n) is 3.23. The zero-order chi connectivity index (χ0) is 14.7. The maximum atomic E-state index is 14.2. The van der Waals surface area contributed by atoms with E-state index in [1.54, 1.807) is 19.2 Å². The van der Waals surface area contributed by atoms with Crippen molar-refractivity contribution in [1.29, 1.82) is 0 Å². The fourth-order valence-corrected chi connectivity index (χ4v) is 3.23. The summed E-state index contributed by atoms with van der Waals surface area (Å²) in [5, 5.41) is 3.39. The van der Waals surface area contributed by atoms with Gasteiger partial charge in [-0.2, -0.15) is 0 Å². The Kier molecular flexibility index (Phi) is 4.20. The second-order valence-corrected chi connectivity index (χ2v) is 5.50. The molecule has 1 saturated heterocycles. The van der Waals surface area contributed by atoms with E-state index < -0.39 is 0 Å². The van der Waals surface area contributed by atoms with Crippen LogP contribution in [0.25, 0.3) is 0 Å². The zero-order valence-electron chi connectivity index (χ0n) is 12.2. The van der Waals surface area contributed by atoms with Crippen molar-refractivity contribution in [2.75, 3.05) is 20.2 Å². The number of methoxy groups -OCH3 is 1. The predicted octanol–water partition coefficient (Wildman–Crippen LogP) is 3.70. The van der Waals surface area contributed by atoms with E-state index in [-0.39, 0.29) is 11.7 Å². The average Bonchev–Trinajstić information content (AvgIpc) is 2.55. The molecule has 3 heteroatoms. The maximum absolute atomic E-state index is 14.2. The number of rotatable bonds is 3. The van der Waals surface area contributed by atoms with Gasteiger partial charge in [0.05, 0.1) is 7.11 Å². The van der Waals surface area contributed by atoms with Crippen molar-refractivity contribution < 1.29 is 9.13 Å². The summed E-state index contributed by atoms with van der Waals surface area (Å²) >= 11 is 0. The smallest absolute Gasteiger partial charge is 0.126 e. The first-order chi connectivity index (χ1) is 10.3. The van der Waals surface area contributed by atoms with Crippen LogP contribution >= 0.6 is 0 Å². The monoisotopic (exact) mass is 285 g/mol. The van der Waals surface area contributed by atoms with Crippen molar-refractivity contribution >= 4 is 0 Å². The molecule has 2 atom stereocenters. The summed E-state index contributed by atoms with van der Waals surface area (Å²) in [6.07, 6.45) is 1.01. The van der Waals surface area contributed by atoms with Crippen molar-refractivity contribution in [3.8, 4) is 5.75 Å². The molecule has 110 valence electrons. The van der Waals surface area contributed by atoms with Crippen molar-refractivity contribution in [3.63, 3.8) is 0 Å². The van der Waals surface area contributed by atoms with Gasteiger partial charge in [0.1, 0.15) is 11.6 Å². The summed E-state index contributed by atoms with van der Waals surface area (Å²) in [5.41, 5.74) is 2.03. The maximum Gasteiger partial charge on any atom is 0.126 e. The number of halogens is 1. The van der Waals surface area contributed by atoms with Crippen LogP contribution in [-0.4, -0.2) is 20.2 Å². The molecule has 1 aliphatic heterocycles. The fraction of sp³-hybridized carbons (Fsp3) is 0.333. The largest absolute Gasteiger partial charge is 0.497 e. The minimum atomic E-state index is -0.112. The van der Waals surface area contributed by atoms with Crippen molar-refractivity contribution in [2.45, 2.75) is 18.3 Å². The Morgan fingerprint density at radius 1 is 1.10 bits per heavy atom. The molecule has 2 aromatic carbocycles. The molecule has 21 heavy (non-hydrogen) atoms. The molecule has 0 aliphatic carbocycles. The average molecular weight is 285 g/mol.